The number of benzene rings is 1. The summed E-state index contributed by atoms with van der Waals surface area (Å²) in [5.41, 5.74) is 9.12. The summed E-state index contributed by atoms with van der Waals surface area (Å²) in [6.45, 7) is 4.18. The maximum absolute atomic E-state index is 12.4. The third kappa shape index (κ3) is 4.88. The fraction of sp³-hybridized carbons (Fsp3) is 0.400. The van der Waals surface area contributed by atoms with Crippen molar-refractivity contribution in [3.8, 4) is 0 Å². The van der Waals surface area contributed by atoms with E-state index in [1.807, 2.05) is 6.92 Å². The first-order valence-electron chi connectivity index (χ1n) is 9.64. The Hall–Kier alpha value is -3.89. The van der Waals surface area contributed by atoms with E-state index >= 15 is 0 Å². The molecule has 1 aliphatic rings. The van der Waals surface area contributed by atoms with Crippen molar-refractivity contribution in [2.75, 3.05) is 6.61 Å². The van der Waals surface area contributed by atoms with Crippen LogP contribution < -0.4 is 11.2 Å². The van der Waals surface area contributed by atoms with Gasteiger partial charge in [0.2, 0.25) is 0 Å². The molecule has 12 heteroatoms. The van der Waals surface area contributed by atoms with E-state index < -0.39 is 47.7 Å². The number of aromatic amines is 1. The molecule has 1 aromatic carbocycles. The molecule has 3 rings (SSSR count). The van der Waals surface area contributed by atoms with E-state index in [-0.39, 0.29) is 12.2 Å². The van der Waals surface area contributed by atoms with Gasteiger partial charge in [0, 0.05) is 23.6 Å². The van der Waals surface area contributed by atoms with Crippen molar-refractivity contribution in [2.24, 2.45) is 5.11 Å². The second-order valence-corrected chi connectivity index (χ2v) is 7.28. The molecule has 0 saturated carbocycles. The second-order valence-electron chi connectivity index (χ2n) is 7.28. The quantitative estimate of drug-likeness (QED) is 0.306. The molecule has 1 saturated heterocycles. The van der Waals surface area contributed by atoms with Crippen LogP contribution in [0.4, 0.5) is 0 Å². The minimum absolute atomic E-state index is 0.212. The van der Waals surface area contributed by atoms with Crippen LogP contribution in [0.2, 0.25) is 0 Å². The Balaban J connectivity index is 1.89. The lowest BCUT2D eigenvalue weighted by Crippen LogP contribution is -2.40. The molecule has 4 atom stereocenters. The third-order valence-corrected chi connectivity index (χ3v) is 4.89. The van der Waals surface area contributed by atoms with Gasteiger partial charge in [-0.15, -0.1) is 0 Å². The number of carbonyl (C=O) groups is 2. The maximum Gasteiger partial charge on any atom is 0.338 e. The number of hydrogen-bond acceptors (Lipinski definition) is 8. The molecule has 0 unspecified atom stereocenters. The molecule has 32 heavy (non-hydrogen) atoms. The van der Waals surface area contributed by atoms with Crippen molar-refractivity contribution in [2.45, 2.75) is 45.2 Å². The zero-order valence-corrected chi connectivity index (χ0v) is 17.5. The molecule has 2 heterocycles. The highest BCUT2D eigenvalue weighted by molar-refractivity contribution is 5.89. The standard InChI is InChI=1S/C20H21N5O7/c1-10-4-6-13(7-5-10)19(28)30-9-14-15(23-24-21)16(31-12(3)26)18(32-14)25-8-11(2)17(27)22-20(25)29/h4-8,14-16,18H,9H2,1-3H3,(H,22,27,29)/t14-,15-,16-,18-/m1/s1. The Morgan fingerprint density at radius 1 is 1.25 bits per heavy atom. The zero-order chi connectivity index (χ0) is 23.4. The topological polar surface area (TPSA) is 165 Å². The van der Waals surface area contributed by atoms with E-state index in [2.05, 4.69) is 15.0 Å². The molecule has 0 radical (unpaired) electrons. The average Bonchev–Trinajstić information content (AvgIpc) is 3.06. The van der Waals surface area contributed by atoms with Crippen LogP contribution in [0.1, 0.15) is 34.6 Å². The normalized spacial score (nSPS) is 22.1. The molecule has 168 valence electrons. The maximum atomic E-state index is 12.4. The first-order valence-corrected chi connectivity index (χ1v) is 9.64. The Labute approximate surface area is 181 Å². The van der Waals surface area contributed by atoms with Crippen LogP contribution >= 0.6 is 0 Å². The summed E-state index contributed by atoms with van der Waals surface area (Å²) >= 11 is 0. The lowest BCUT2D eigenvalue weighted by molar-refractivity contribution is -0.153. The number of aryl methyl sites for hydroxylation is 2. The smallest absolute Gasteiger partial charge is 0.338 e. The van der Waals surface area contributed by atoms with Crippen LogP contribution in [-0.2, 0) is 19.0 Å². The monoisotopic (exact) mass is 443 g/mol. The van der Waals surface area contributed by atoms with Gasteiger partial charge in [-0.25, -0.2) is 9.59 Å². The Bertz CT molecular complexity index is 1180. The predicted octanol–water partition coefficient (Wildman–Crippen LogP) is 1.52. The number of rotatable bonds is 6. The van der Waals surface area contributed by atoms with E-state index in [4.69, 9.17) is 19.7 Å². The number of esters is 2. The van der Waals surface area contributed by atoms with Gasteiger partial charge in [0.05, 0.1) is 5.56 Å². The summed E-state index contributed by atoms with van der Waals surface area (Å²) in [4.78, 5) is 53.0. The van der Waals surface area contributed by atoms with Crippen molar-refractivity contribution >= 4 is 11.9 Å². The van der Waals surface area contributed by atoms with Crippen LogP contribution in [0.3, 0.4) is 0 Å². The van der Waals surface area contributed by atoms with Gasteiger partial charge in [-0.05, 0) is 31.5 Å². The molecule has 0 amide bonds. The van der Waals surface area contributed by atoms with Crippen molar-refractivity contribution in [3.63, 3.8) is 0 Å². The number of H-pyrrole nitrogens is 1. The van der Waals surface area contributed by atoms with Gasteiger partial charge in [0.1, 0.15) is 18.8 Å². The molecular weight excluding hydrogens is 422 g/mol. The van der Waals surface area contributed by atoms with Gasteiger partial charge in [0.25, 0.3) is 5.56 Å². The number of nitrogens with one attached hydrogen (secondary N) is 1. The molecule has 0 aliphatic carbocycles. The molecule has 1 fully saturated rings. The van der Waals surface area contributed by atoms with Gasteiger partial charge >= 0.3 is 17.6 Å². The van der Waals surface area contributed by atoms with E-state index in [1.54, 1.807) is 24.3 Å². The average molecular weight is 443 g/mol. The van der Waals surface area contributed by atoms with Gasteiger partial charge in [-0.2, -0.15) is 0 Å². The lowest BCUT2D eigenvalue weighted by atomic mass is 10.1. The highest BCUT2D eigenvalue weighted by Crippen LogP contribution is 2.33. The Kier molecular flexibility index (Phi) is 6.76. The molecule has 0 spiro atoms. The molecule has 1 aromatic heterocycles. The van der Waals surface area contributed by atoms with Crippen molar-refractivity contribution in [3.05, 3.63) is 78.4 Å². The molecule has 1 N–H and O–H groups in total. The minimum atomic E-state index is -1.22. The predicted molar refractivity (Wildman–Crippen MR) is 110 cm³/mol. The summed E-state index contributed by atoms with van der Waals surface area (Å²) in [6, 6.07) is 5.61. The largest absolute Gasteiger partial charge is 0.459 e. The summed E-state index contributed by atoms with van der Waals surface area (Å²) in [5, 5.41) is 3.65. The summed E-state index contributed by atoms with van der Waals surface area (Å²) in [5.74, 6) is -1.33. The lowest BCUT2D eigenvalue weighted by Gasteiger charge is -2.22. The number of ether oxygens (including phenoxy) is 3. The van der Waals surface area contributed by atoms with Crippen LogP contribution in [0.25, 0.3) is 10.4 Å². The van der Waals surface area contributed by atoms with Gasteiger partial charge in [-0.1, -0.05) is 22.8 Å². The summed E-state index contributed by atoms with van der Waals surface area (Å²) in [7, 11) is 0. The Morgan fingerprint density at radius 3 is 2.56 bits per heavy atom. The number of azide groups is 1. The van der Waals surface area contributed by atoms with Crippen LogP contribution in [-0.4, -0.2) is 46.3 Å². The highest BCUT2D eigenvalue weighted by atomic mass is 16.6. The SMILES string of the molecule is CC(=O)O[C@@H]1[C@H](N=[N+]=[N-])[C@@H](COC(=O)c2ccc(C)cc2)O[C@H]1n1cc(C)c(=O)[nH]c1=O. The van der Waals surface area contributed by atoms with E-state index in [0.717, 1.165) is 17.1 Å². The highest BCUT2D eigenvalue weighted by Gasteiger charge is 2.48. The number of aromatic nitrogens is 2. The number of hydrogen-bond donors (Lipinski definition) is 1. The van der Waals surface area contributed by atoms with E-state index in [0.29, 0.717) is 5.56 Å². The van der Waals surface area contributed by atoms with Crippen LogP contribution in [0.5, 0.6) is 0 Å². The van der Waals surface area contributed by atoms with Crippen molar-refractivity contribution in [1.82, 2.24) is 9.55 Å². The molecule has 1 aliphatic heterocycles. The van der Waals surface area contributed by atoms with Crippen molar-refractivity contribution in [1.29, 1.82) is 0 Å². The van der Waals surface area contributed by atoms with E-state index in [9.17, 15) is 19.2 Å². The molecule has 2 aromatic rings. The molecule has 0 bridgehead atoms. The van der Waals surface area contributed by atoms with Gasteiger partial charge < -0.3 is 14.2 Å². The van der Waals surface area contributed by atoms with Crippen LogP contribution in [0.15, 0.2) is 45.2 Å². The third-order valence-electron chi connectivity index (χ3n) is 4.89. The van der Waals surface area contributed by atoms with Crippen molar-refractivity contribution < 1.29 is 23.8 Å². The second kappa shape index (κ2) is 9.50. The minimum Gasteiger partial charge on any atom is -0.459 e. The fourth-order valence-electron chi connectivity index (χ4n) is 3.30. The molecular formula is C20H21N5O7. The first-order chi connectivity index (χ1) is 15.2. The van der Waals surface area contributed by atoms with Crippen LogP contribution in [0, 0.1) is 13.8 Å². The summed E-state index contributed by atoms with van der Waals surface area (Å²) < 4.78 is 17.5. The van der Waals surface area contributed by atoms with Gasteiger partial charge in [-0.3, -0.25) is 19.1 Å². The van der Waals surface area contributed by atoms with E-state index in [1.165, 1.54) is 13.1 Å². The Morgan fingerprint density at radius 2 is 1.94 bits per heavy atom. The van der Waals surface area contributed by atoms with Gasteiger partial charge in [0.15, 0.2) is 12.3 Å². The zero-order valence-electron chi connectivity index (χ0n) is 17.5. The summed E-state index contributed by atoms with van der Waals surface area (Å²) in [6.07, 6.45) is -2.19. The number of nitrogens with zero attached hydrogens (tertiary/aromatic N) is 4. The number of carbonyl (C=O) groups excluding carboxylic acids is 2. The molecule has 12 nitrogen and oxygen atoms in total. The first kappa shape index (κ1) is 22.8. The fourth-order valence-corrected chi connectivity index (χ4v) is 3.30.